The predicted octanol–water partition coefficient (Wildman–Crippen LogP) is 3.73. The fourth-order valence-electron chi connectivity index (χ4n) is 2.49. The van der Waals surface area contributed by atoms with Crippen molar-refractivity contribution < 1.29 is 9.53 Å². The summed E-state index contributed by atoms with van der Waals surface area (Å²) in [5.74, 6) is 0. The zero-order valence-corrected chi connectivity index (χ0v) is 15.2. The minimum atomic E-state index is -0.468. The lowest BCUT2D eigenvalue weighted by molar-refractivity contribution is 0.0448. The molecule has 0 bridgehead atoms. The van der Waals surface area contributed by atoms with Gasteiger partial charge in [-0.05, 0) is 68.6 Å². The van der Waals surface area contributed by atoms with Gasteiger partial charge in [0.2, 0.25) is 0 Å². The van der Waals surface area contributed by atoms with E-state index < -0.39 is 5.60 Å². The smallest absolute Gasteiger partial charge is 0.408 e. The summed E-state index contributed by atoms with van der Waals surface area (Å²) >= 11 is 3.35. The monoisotopic (exact) mass is 369 g/mol. The number of piperidine rings is 1. The van der Waals surface area contributed by atoms with Crippen molar-refractivity contribution in [1.29, 1.82) is 0 Å². The lowest BCUT2D eigenvalue weighted by Crippen LogP contribution is -2.54. The molecule has 0 unspecified atom stereocenters. The van der Waals surface area contributed by atoms with Crippen LogP contribution in [0.4, 0.5) is 10.5 Å². The van der Waals surface area contributed by atoms with Gasteiger partial charge < -0.3 is 15.0 Å². The number of hydrogen-bond donors (Lipinski definition) is 1. The molecule has 0 saturated carbocycles. The van der Waals surface area contributed by atoms with Crippen LogP contribution in [0.5, 0.6) is 0 Å². The van der Waals surface area contributed by atoms with Crippen LogP contribution in [0.2, 0.25) is 0 Å². The van der Waals surface area contributed by atoms with E-state index in [-0.39, 0.29) is 11.6 Å². The maximum absolute atomic E-state index is 12.0. The first kappa shape index (κ1) is 17.1. The van der Waals surface area contributed by atoms with Gasteiger partial charge in [0.25, 0.3) is 0 Å². The highest BCUT2D eigenvalue weighted by atomic mass is 79.9. The third-order valence-electron chi connectivity index (χ3n) is 3.75. The van der Waals surface area contributed by atoms with Gasteiger partial charge in [-0.15, -0.1) is 0 Å². The molecule has 22 heavy (non-hydrogen) atoms. The molecule has 1 aromatic heterocycles. The third kappa shape index (κ3) is 4.87. The van der Waals surface area contributed by atoms with E-state index in [1.807, 2.05) is 33.0 Å². The first-order valence-corrected chi connectivity index (χ1v) is 8.34. The molecule has 1 aromatic rings. The average molecular weight is 370 g/mol. The zero-order valence-electron chi connectivity index (χ0n) is 13.6. The first-order chi connectivity index (χ1) is 10.2. The molecule has 1 amide bonds. The van der Waals surface area contributed by atoms with Gasteiger partial charge in [-0.3, -0.25) is 0 Å². The van der Waals surface area contributed by atoms with Gasteiger partial charge in [0.15, 0.2) is 0 Å². The number of amides is 1. The van der Waals surface area contributed by atoms with Gasteiger partial charge >= 0.3 is 6.09 Å². The second kappa shape index (κ2) is 6.44. The molecule has 0 aliphatic carbocycles. The summed E-state index contributed by atoms with van der Waals surface area (Å²) in [6.07, 6.45) is 3.28. The number of hydrogen-bond acceptors (Lipinski definition) is 4. The molecule has 0 atom stereocenters. The molecule has 1 aliphatic heterocycles. The van der Waals surface area contributed by atoms with Crippen LogP contribution in [0.3, 0.4) is 0 Å². The molecule has 0 spiro atoms. The quantitative estimate of drug-likeness (QED) is 0.806. The highest BCUT2D eigenvalue weighted by Crippen LogP contribution is 2.26. The number of carbonyl (C=O) groups is 1. The van der Waals surface area contributed by atoms with Crippen LogP contribution in [-0.2, 0) is 4.74 Å². The van der Waals surface area contributed by atoms with Crippen LogP contribution < -0.4 is 10.2 Å². The van der Waals surface area contributed by atoms with Crippen LogP contribution in [0, 0.1) is 0 Å². The normalized spacial score (nSPS) is 18.0. The standard InChI is InChI=1S/C16H24BrN3O2/c1-15(2,3)22-14(21)19-16(4)7-9-20(10-8-16)12-5-6-13(17)18-11-12/h5-6,11H,7-10H2,1-4H3,(H,19,21). The van der Waals surface area contributed by atoms with Crippen molar-refractivity contribution in [3.05, 3.63) is 22.9 Å². The van der Waals surface area contributed by atoms with Crippen molar-refractivity contribution in [2.75, 3.05) is 18.0 Å². The molecule has 1 fully saturated rings. The summed E-state index contributed by atoms with van der Waals surface area (Å²) in [4.78, 5) is 18.5. The Morgan fingerprint density at radius 1 is 1.36 bits per heavy atom. The minimum Gasteiger partial charge on any atom is -0.444 e. The van der Waals surface area contributed by atoms with Crippen molar-refractivity contribution in [2.24, 2.45) is 0 Å². The molecule has 0 radical (unpaired) electrons. The van der Waals surface area contributed by atoms with Crippen LogP contribution in [0.1, 0.15) is 40.5 Å². The summed E-state index contributed by atoms with van der Waals surface area (Å²) in [5.41, 5.74) is 0.425. The molecular weight excluding hydrogens is 346 g/mol. The van der Waals surface area contributed by atoms with Gasteiger partial charge in [-0.25, -0.2) is 9.78 Å². The van der Waals surface area contributed by atoms with Crippen LogP contribution >= 0.6 is 15.9 Å². The van der Waals surface area contributed by atoms with E-state index in [4.69, 9.17) is 4.74 Å². The third-order valence-corrected chi connectivity index (χ3v) is 4.22. The lowest BCUT2D eigenvalue weighted by atomic mass is 9.89. The van der Waals surface area contributed by atoms with Gasteiger partial charge in [0, 0.05) is 18.6 Å². The Labute approximate surface area is 140 Å². The maximum Gasteiger partial charge on any atom is 0.408 e. The van der Waals surface area contributed by atoms with Crippen LogP contribution in [0.15, 0.2) is 22.9 Å². The Morgan fingerprint density at radius 2 is 2.00 bits per heavy atom. The second-order valence-corrected chi connectivity index (χ2v) is 7.83. The van der Waals surface area contributed by atoms with E-state index in [0.717, 1.165) is 36.2 Å². The first-order valence-electron chi connectivity index (χ1n) is 7.55. The van der Waals surface area contributed by atoms with Crippen molar-refractivity contribution >= 4 is 27.7 Å². The van der Waals surface area contributed by atoms with Gasteiger partial charge in [-0.2, -0.15) is 0 Å². The Balaban J connectivity index is 1.90. The van der Waals surface area contributed by atoms with Crippen LogP contribution in [0.25, 0.3) is 0 Å². The molecule has 6 heteroatoms. The van der Waals surface area contributed by atoms with E-state index in [2.05, 4.69) is 44.1 Å². The van der Waals surface area contributed by atoms with E-state index in [0.29, 0.717) is 0 Å². The Morgan fingerprint density at radius 3 is 2.50 bits per heavy atom. The summed E-state index contributed by atoms with van der Waals surface area (Å²) in [6, 6.07) is 4.00. The lowest BCUT2D eigenvalue weighted by Gasteiger charge is -2.41. The molecule has 1 N–H and O–H groups in total. The van der Waals surface area contributed by atoms with Crippen molar-refractivity contribution in [2.45, 2.75) is 51.7 Å². The predicted molar refractivity (Wildman–Crippen MR) is 91.2 cm³/mol. The average Bonchev–Trinajstić information content (AvgIpc) is 2.38. The fourth-order valence-corrected chi connectivity index (χ4v) is 2.72. The number of anilines is 1. The number of pyridine rings is 1. The van der Waals surface area contributed by atoms with E-state index in [1.165, 1.54) is 0 Å². The summed E-state index contributed by atoms with van der Waals surface area (Å²) in [5, 5.41) is 3.02. The largest absolute Gasteiger partial charge is 0.444 e. The number of nitrogens with one attached hydrogen (secondary N) is 1. The van der Waals surface area contributed by atoms with Crippen LogP contribution in [-0.4, -0.2) is 35.3 Å². The Hall–Kier alpha value is -1.30. The van der Waals surface area contributed by atoms with Gasteiger partial charge in [0.1, 0.15) is 10.2 Å². The van der Waals surface area contributed by atoms with Crippen molar-refractivity contribution in [3.8, 4) is 0 Å². The summed E-state index contributed by atoms with van der Waals surface area (Å²) in [7, 11) is 0. The van der Waals surface area contributed by atoms with Gasteiger partial charge in [0.05, 0.1) is 11.9 Å². The van der Waals surface area contributed by atoms with E-state index in [9.17, 15) is 4.79 Å². The second-order valence-electron chi connectivity index (χ2n) is 7.01. The number of aromatic nitrogens is 1. The summed E-state index contributed by atoms with van der Waals surface area (Å²) in [6.45, 7) is 9.47. The highest BCUT2D eigenvalue weighted by molar-refractivity contribution is 9.10. The number of ether oxygens (including phenoxy) is 1. The number of nitrogens with zero attached hydrogens (tertiary/aromatic N) is 2. The minimum absolute atomic E-state index is 0.221. The van der Waals surface area contributed by atoms with E-state index >= 15 is 0 Å². The molecule has 1 aliphatic rings. The number of carbonyl (C=O) groups excluding carboxylic acids is 1. The molecule has 0 aromatic carbocycles. The molecule has 5 nitrogen and oxygen atoms in total. The molecule has 1 saturated heterocycles. The SMILES string of the molecule is CC1(NC(=O)OC(C)(C)C)CCN(c2ccc(Br)nc2)CC1. The number of rotatable bonds is 2. The Bertz CT molecular complexity index is 517. The topological polar surface area (TPSA) is 54.5 Å². The molecular formula is C16H24BrN3O2. The number of alkyl carbamates (subject to hydrolysis) is 1. The van der Waals surface area contributed by atoms with Gasteiger partial charge in [-0.1, -0.05) is 0 Å². The zero-order chi connectivity index (χ0) is 16.4. The van der Waals surface area contributed by atoms with Crippen molar-refractivity contribution in [1.82, 2.24) is 10.3 Å². The number of halogens is 1. The maximum atomic E-state index is 12.0. The van der Waals surface area contributed by atoms with Crippen molar-refractivity contribution in [3.63, 3.8) is 0 Å². The highest BCUT2D eigenvalue weighted by Gasteiger charge is 2.33. The molecule has 2 rings (SSSR count). The fraction of sp³-hybridized carbons (Fsp3) is 0.625. The van der Waals surface area contributed by atoms with E-state index in [1.54, 1.807) is 0 Å². The molecule has 2 heterocycles. The summed E-state index contributed by atoms with van der Waals surface area (Å²) < 4.78 is 6.19. The molecule has 122 valence electrons. The Kier molecular flexibility index (Phi) is 5.00.